The molecule has 0 heteroatoms. The Balaban J connectivity index is 1.55. The topological polar surface area (TPSA) is 0 Å². The van der Waals surface area contributed by atoms with Gasteiger partial charge in [0.05, 0.1) is 0 Å². The van der Waals surface area contributed by atoms with Gasteiger partial charge in [-0.15, -0.1) is 0 Å². The summed E-state index contributed by atoms with van der Waals surface area (Å²) in [6.45, 7) is 10.2. The van der Waals surface area contributed by atoms with Crippen LogP contribution in [0.25, 0.3) is 0 Å². The van der Waals surface area contributed by atoms with Crippen LogP contribution in [0.4, 0.5) is 0 Å². The van der Waals surface area contributed by atoms with Gasteiger partial charge in [0.25, 0.3) is 0 Å². The molecule has 4 aliphatic carbocycles. The zero-order valence-corrected chi connectivity index (χ0v) is 13.9. The highest BCUT2D eigenvalue weighted by atomic mass is 14.6. The Morgan fingerprint density at radius 2 is 1.05 bits per heavy atom. The van der Waals surface area contributed by atoms with Crippen molar-refractivity contribution in [2.45, 2.75) is 66.2 Å². The van der Waals surface area contributed by atoms with E-state index in [9.17, 15) is 0 Å². The number of hydrogen-bond acceptors (Lipinski definition) is 0. The van der Waals surface area contributed by atoms with Gasteiger partial charge in [0, 0.05) is 0 Å². The van der Waals surface area contributed by atoms with E-state index in [0.717, 1.165) is 35.5 Å². The summed E-state index contributed by atoms with van der Waals surface area (Å²) >= 11 is 0. The van der Waals surface area contributed by atoms with Gasteiger partial charge in [0.15, 0.2) is 0 Å². The summed E-state index contributed by atoms with van der Waals surface area (Å²) in [4.78, 5) is 0. The maximum absolute atomic E-state index is 2.69. The quantitative estimate of drug-likeness (QED) is 0.567. The molecule has 0 radical (unpaired) electrons. The summed E-state index contributed by atoms with van der Waals surface area (Å²) in [5.74, 6) is 5.78. The van der Waals surface area contributed by atoms with E-state index < -0.39 is 0 Å². The van der Waals surface area contributed by atoms with Gasteiger partial charge < -0.3 is 0 Å². The highest BCUT2D eigenvalue weighted by molar-refractivity contribution is 5.14. The molecule has 4 aliphatic rings. The average molecular weight is 272 g/mol. The van der Waals surface area contributed by atoms with Gasteiger partial charge in [-0.05, 0) is 84.9 Å². The molecule has 4 fully saturated rings. The SMILES string of the molecule is CC1(C)C2CCC(C2)C1/C=C/C1C2CCC(C2)C1(C)C. The Bertz CT molecular complexity index is 387. The van der Waals surface area contributed by atoms with E-state index in [2.05, 4.69) is 39.8 Å². The Labute approximate surface area is 125 Å². The Morgan fingerprint density at radius 1 is 0.650 bits per heavy atom. The molecule has 0 spiro atoms. The van der Waals surface area contributed by atoms with Gasteiger partial charge in [-0.1, -0.05) is 39.8 Å². The first kappa shape index (κ1) is 13.4. The molecule has 0 N–H and O–H groups in total. The van der Waals surface area contributed by atoms with Crippen molar-refractivity contribution < 1.29 is 0 Å². The Kier molecular flexibility index (Phi) is 2.78. The summed E-state index contributed by atoms with van der Waals surface area (Å²) in [6, 6.07) is 0. The van der Waals surface area contributed by atoms with Crippen LogP contribution in [0.15, 0.2) is 12.2 Å². The van der Waals surface area contributed by atoms with Crippen molar-refractivity contribution in [1.82, 2.24) is 0 Å². The number of rotatable bonds is 2. The summed E-state index contributed by atoms with van der Waals surface area (Å²) < 4.78 is 0. The third-order valence-corrected chi connectivity index (χ3v) is 8.31. The molecule has 0 amide bonds. The normalized spacial score (nSPS) is 51.4. The summed E-state index contributed by atoms with van der Waals surface area (Å²) in [5.41, 5.74) is 1.14. The summed E-state index contributed by atoms with van der Waals surface area (Å²) in [6.07, 6.45) is 14.4. The van der Waals surface area contributed by atoms with Crippen LogP contribution in [-0.4, -0.2) is 0 Å². The molecule has 4 bridgehead atoms. The van der Waals surface area contributed by atoms with E-state index in [0.29, 0.717) is 10.8 Å². The fourth-order valence-electron chi connectivity index (χ4n) is 6.85. The standard InChI is InChI=1S/C20H32/c1-19(2)15-7-5-13(11-15)17(19)9-10-18-14-6-8-16(12-14)20(18,3)4/h9-10,13-18H,5-8,11-12H2,1-4H3/b10-9+. The minimum absolute atomic E-state index is 0.571. The van der Waals surface area contributed by atoms with E-state index in [-0.39, 0.29) is 0 Å². The fraction of sp³-hybridized carbons (Fsp3) is 0.900. The molecule has 0 aliphatic heterocycles. The number of allylic oxidation sites excluding steroid dienone is 2. The molecule has 0 aromatic rings. The first-order valence-corrected chi connectivity index (χ1v) is 9.09. The monoisotopic (exact) mass is 272 g/mol. The Morgan fingerprint density at radius 3 is 1.35 bits per heavy atom. The predicted molar refractivity (Wildman–Crippen MR) is 85.3 cm³/mol. The van der Waals surface area contributed by atoms with E-state index in [4.69, 9.17) is 0 Å². The third kappa shape index (κ3) is 1.66. The van der Waals surface area contributed by atoms with Gasteiger partial charge in [-0.3, -0.25) is 0 Å². The van der Waals surface area contributed by atoms with Crippen molar-refractivity contribution in [1.29, 1.82) is 0 Å². The number of hydrogen-bond donors (Lipinski definition) is 0. The molecule has 0 aromatic heterocycles. The largest absolute Gasteiger partial charge is 0.0843 e. The van der Waals surface area contributed by atoms with E-state index in [1.807, 2.05) is 0 Å². The molecule has 4 saturated carbocycles. The maximum Gasteiger partial charge on any atom is -0.0151 e. The van der Waals surface area contributed by atoms with Gasteiger partial charge in [0.2, 0.25) is 0 Å². The second kappa shape index (κ2) is 4.14. The summed E-state index contributed by atoms with van der Waals surface area (Å²) in [7, 11) is 0. The molecule has 0 nitrogen and oxygen atoms in total. The minimum Gasteiger partial charge on any atom is -0.0843 e. The second-order valence-corrected chi connectivity index (χ2v) is 9.62. The highest BCUT2D eigenvalue weighted by Gasteiger charge is 2.53. The smallest absolute Gasteiger partial charge is 0.0151 e. The lowest BCUT2D eigenvalue weighted by Crippen LogP contribution is -2.31. The van der Waals surface area contributed by atoms with Crippen molar-refractivity contribution in [2.75, 3.05) is 0 Å². The number of fused-ring (bicyclic) bond motifs is 4. The van der Waals surface area contributed by atoms with Crippen LogP contribution >= 0.6 is 0 Å². The molecule has 0 aromatic carbocycles. The molecule has 0 saturated heterocycles. The van der Waals surface area contributed by atoms with Crippen LogP contribution in [-0.2, 0) is 0 Å². The van der Waals surface area contributed by atoms with Crippen molar-refractivity contribution in [2.24, 2.45) is 46.3 Å². The van der Waals surface area contributed by atoms with Gasteiger partial charge in [-0.2, -0.15) is 0 Å². The Hall–Kier alpha value is -0.260. The summed E-state index contributed by atoms with van der Waals surface area (Å²) in [5, 5.41) is 0. The van der Waals surface area contributed by atoms with Crippen molar-refractivity contribution in [3.8, 4) is 0 Å². The molecule has 6 atom stereocenters. The van der Waals surface area contributed by atoms with E-state index in [1.54, 1.807) is 0 Å². The molecule has 112 valence electrons. The maximum atomic E-state index is 2.69. The second-order valence-electron chi connectivity index (χ2n) is 9.62. The molecule has 6 unspecified atom stereocenters. The molecule has 0 heterocycles. The van der Waals surface area contributed by atoms with Crippen LogP contribution < -0.4 is 0 Å². The predicted octanol–water partition coefficient (Wildman–Crippen LogP) is 5.69. The molecule has 4 rings (SSSR count). The third-order valence-electron chi connectivity index (χ3n) is 8.31. The highest BCUT2D eigenvalue weighted by Crippen LogP contribution is 2.62. The van der Waals surface area contributed by atoms with E-state index >= 15 is 0 Å². The van der Waals surface area contributed by atoms with Crippen molar-refractivity contribution >= 4 is 0 Å². The van der Waals surface area contributed by atoms with Crippen LogP contribution in [0.1, 0.15) is 66.2 Å². The van der Waals surface area contributed by atoms with Crippen LogP contribution in [0.5, 0.6) is 0 Å². The minimum atomic E-state index is 0.571. The lowest BCUT2D eigenvalue weighted by molar-refractivity contribution is 0.147. The van der Waals surface area contributed by atoms with Gasteiger partial charge in [-0.25, -0.2) is 0 Å². The lowest BCUT2D eigenvalue weighted by Gasteiger charge is -2.39. The first-order chi connectivity index (χ1) is 9.40. The molecular weight excluding hydrogens is 240 g/mol. The first-order valence-electron chi connectivity index (χ1n) is 9.09. The van der Waals surface area contributed by atoms with Gasteiger partial charge in [0.1, 0.15) is 0 Å². The van der Waals surface area contributed by atoms with Crippen LogP contribution in [0.2, 0.25) is 0 Å². The lowest BCUT2D eigenvalue weighted by atomic mass is 9.66. The average Bonchev–Trinajstić information content (AvgIpc) is 3.07. The zero-order valence-electron chi connectivity index (χ0n) is 13.9. The van der Waals surface area contributed by atoms with Crippen LogP contribution in [0.3, 0.4) is 0 Å². The van der Waals surface area contributed by atoms with Crippen molar-refractivity contribution in [3.05, 3.63) is 12.2 Å². The molecular formula is C20H32. The van der Waals surface area contributed by atoms with Gasteiger partial charge >= 0.3 is 0 Å². The zero-order chi connectivity index (χ0) is 14.1. The fourth-order valence-corrected chi connectivity index (χ4v) is 6.85. The van der Waals surface area contributed by atoms with E-state index in [1.165, 1.54) is 38.5 Å². The molecule has 20 heavy (non-hydrogen) atoms. The van der Waals surface area contributed by atoms with Crippen molar-refractivity contribution in [3.63, 3.8) is 0 Å². The van der Waals surface area contributed by atoms with Crippen LogP contribution in [0, 0.1) is 46.3 Å².